The molecule has 7 heteroatoms. The van der Waals surface area contributed by atoms with Crippen LogP contribution in [0, 0.1) is 17.0 Å². The number of aromatic nitrogens is 2. The summed E-state index contributed by atoms with van der Waals surface area (Å²) in [5.41, 5.74) is 2.56. The molecule has 26 heavy (non-hydrogen) atoms. The molecular weight excluding hydrogens is 332 g/mol. The smallest absolute Gasteiger partial charge is 0.274 e. The van der Waals surface area contributed by atoms with Gasteiger partial charge < -0.3 is 5.32 Å². The molecule has 0 aliphatic carbocycles. The molecule has 0 aliphatic heterocycles. The molecule has 1 N–H and O–H groups in total. The van der Waals surface area contributed by atoms with Crippen LogP contribution in [0.1, 0.15) is 11.1 Å². The first-order valence-electron chi connectivity index (χ1n) is 7.87. The standard InChI is InChI=1S/C19H16N4O3/c1-14-7-9-16(11-18(14)23(25)26)21-19(24)10-8-15-12-20-22(13-15)17-5-3-2-4-6-17/h2-13H,1H3,(H,21,24)/b10-8+. The molecule has 7 nitrogen and oxygen atoms in total. The van der Waals surface area contributed by atoms with E-state index in [1.165, 1.54) is 12.1 Å². The summed E-state index contributed by atoms with van der Waals surface area (Å²) < 4.78 is 1.71. The Morgan fingerprint density at radius 1 is 1.23 bits per heavy atom. The first-order chi connectivity index (χ1) is 12.5. The second-order valence-electron chi connectivity index (χ2n) is 5.63. The zero-order valence-electron chi connectivity index (χ0n) is 14.0. The highest BCUT2D eigenvalue weighted by Crippen LogP contribution is 2.22. The maximum absolute atomic E-state index is 12.0. The van der Waals surface area contributed by atoms with Crippen molar-refractivity contribution in [3.63, 3.8) is 0 Å². The number of para-hydroxylation sites is 1. The summed E-state index contributed by atoms with van der Waals surface area (Å²) >= 11 is 0. The molecule has 0 fully saturated rings. The van der Waals surface area contributed by atoms with E-state index in [0.29, 0.717) is 11.3 Å². The average Bonchev–Trinajstić information content (AvgIpc) is 3.11. The van der Waals surface area contributed by atoms with E-state index in [4.69, 9.17) is 0 Å². The van der Waals surface area contributed by atoms with Gasteiger partial charge in [-0.15, -0.1) is 0 Å². The fraction of sp³-hybridized carbons (Fsp3) is 0.0526. The SMILES string of the molecule is Cc1ccc(NC(=O)/C=C/c2cnn(-c3ccccc3)c2)cc1[N+](=O)[O-]. The Morgan fingerprint density at radius 3 is 2.73 bits per heavy atom. The summed E-state index contributed by atoms with van der Waals surface area (Å²) in [7, 11) is 0. The normalized spacial score (nSPS) is 10.8. The molecule has 0 radical (unpaired) electrons. The Hall–Kier alpha value is -3.74. The van der Waals surface area contributed by atoms with Crippen LogP contribution < -0.4 is 5.32 Å². The van der Waals surface area contributed by atoms with Gasteiger partial charge in [-0.1, -0.05) is 24.3 Å². The molecule has 2 aromatic carbocycles. The molecule has 0 saturated carbocycles. The van der Waals surface area contributed by atoms with Crippen LogP contribution >= 0.6 is 0 Å². The van der Waals surface area contributed by atoms with Crippen molar-refractivity contribution < 1.29 is 9.72 Å². The van der Waals surface area contributed by atoms with Crippen molar-refractivity contribution in [2.75, 3.05) is 5.32 Å². The molecule has 0 bridgehead atoms. The molecule has 1 amide bonds. The van der Waals surface area contributed by atoms with Gasteiger partial charge >= 0.3 is 0 Å². The van der Waals surface area contributed by atoms with Crippen molar-refractivity contribution in [1.82, 2.24) is 9.78 Å². The molecule has 0 aliphatic rings. The number of nitro benzene ring substituents is 1. The van der Waals surface area contributed by atoms with E-state index in [2.05, 4.69) is 10.4 Å². The lowest BCUT2D eigenvalue weighted by Gasteiger charge is -2.03. The first kappa shape index (κ1) is 17.1. The molecule has 0 spiro atoms. The Morgan fingerprint density at radius 2 is 2.00 bits per heavy atom. The van der Waals surface area contributed by atoms with Crippen LogP contribution in [0.5, 0.6) is 0 Å². The summed E-state index contributed by atoms with van der Waals surface area (Å²) in [6.07, 6.45) is 6.44. The van der Waals surface area contributed by atoms with Crippen LogP contribution in [0.25, 0.3) is 11.8 Å². The van der Waals surface area contributed by atoms with Crippen molar-refractivity contribution in [3.8, 4) is 5.69 Å². The van der Waals surface area contributed by atoms with Crippen molar-refractivity contribution in [3.05, 3.63) is 88.2 Å². The minimum absolute atomic E-state index is 0.0316. The van der Waals surface area contributed by atoms with Gasteiger partial charge in [0.05, 0.1) is 16.8 Å². The van der Waals surface area contributed by atoms with Gasteiger partial charge in [0, 0.05) is 35.2 Å². The highest BCUT2D eigenvalue weighted by molar-refractivity contribution is 6.02. The Kier molecular flexibility index (Phi) is 4.89. The lowest BCUT2D eigenvalue weighted by atomic mass is 10.2. The van der Waals surface area contributed by atoms with Crippen molar-refractivity contribution >= 4 is 23.4 Å². The second-order valence-corrected chi connectivity index (χ2v) is 5.63. The minimum Gasteiger partial charge on any atom is -0.322 e. The third-order valence-corrected chi connectivity index (χ3v) is 3.72. The summed E-state index contributed by atoms with van der Waals surface area (Å²) in [6.45, 7) is 1.65. The number of hydrogen-bond donors (Lipinski definition) is 1. The molecule has 0 saturated heterocycles. The number of aryl methyl sites for hydroxylation is 1. The lowest BCUT2D eigenvalue weighted by molar-refractivity contribution is -0.385. The predicted molar refractivity (Wildman–Crippen MR) is 99.1 cm³/mol. The molecule has 3 aromatic rings. The molecule has 0 unspecified atom stereocenters. The predicted octanol–water partition coefficient (Wildman–Crippen LogP) is 3.74. The number of amides is 1. The zero-order chi connectivity index (χ0) is 18.5. The molecular formula is C19H16N4O3. The zero-order valence-corrected chi connectivity index (χ0v) is 14.0. The largest absolute Gasteiger partial charge is 0.322 e. The number of nitrogens with zero attached hydrogens (tertiary/aromatic N) is 3. The number of carbonyl (C=O) groups excluding carboxylic acids is 1. The quantitative estimate of drug-likeness (QED) is 0.432. The third kappa shape index (κ3) is 4.02. The van der Waals surface area contributed by atoms with E-state index in [-0.39, 0.29) is 11.6 Å². The van der Waals surface area contributed by atoms with Gasteiger partial charge in [-0.05, 0) is 31.2 Å². The van der Waals surface area contributed by atoms with Gasteiger partial charge in [0.2, 0.25) is 5.91 Å². The van der Waals surface area contributed by atoms with Crippen LogP contribution in [0.15, 0.2) is 67.0 Å². The molecule has 130 valence electrons. The Labute approximate surface area is 149 Å². The topological polar surface area (TPSA) is 90.1 Å². The molecule has 1 aromatic heterocycles. The van der Waals surface area contributed by atoms with Crippen LogP contribution in [0.2, 0.25) is 0 Å². The number of anilines is 1. The summed E-state index contributed by atoms with van der Waals surface area (Å²) in [6, 6.07) is 14.2. The fourth-order valence-corrected chi connectivity index (χ4v) is 2.38. The van der Waals surface area contributed by atoms with E-state index in [1.807, 2.05) is 30.3 Å². The van der Waals surface area contributed by atoms with Crippen molar-refractivity contribution in [2.24, 2.45) is 0 Å². The van der Waals surface area contributed by atoms with Crippen LogP contribution in [-0.4, -0.2) is 20.6 Å². The highest BCUT2D eigenvalue weighted by Gasteiger charge is 2.11. The monoisotopic (exact) mass is 348 g/mol. The Bertz CT molecular complexity index is 977. The second kappa shape index (κ2) is 7.43. The van der Waals surface area contributed by atoms with E-state index in [1.54, 1.807) is 42.2 Å². The number of hydrogen-bond acceptors (Lipinski definition) is 4. The number of rotatable bonds is 5. The van der Waals surface area contributed by atoms with Gasteiger partial charge in [-0.25, -0.2) is 4.68 Å². The maximum atomic E-state index is 12.0. The first-order valence-corrected chi connectivity index (χ1v) is 7.87. The minimum atomic E-state index is -0.473. The molecule has 0 atom stereocenters. The van der Waals surface area contributed by atoms with E-state index in [9.17, 15) is 14.9 Å². The number of carbonyl (C=O) groups is 1. The van der Waals surface area contributed by atoms with Gasteiger partial charge in [0.25, 0.3) is 5.69 Å². The number of nitrogens with one attached hydrogen (secondary N) is 1. The molecule has 3 rings (SSSR count). The van der Waals surface area contributed by atoms with E-state index < -0.39 is 4.92 Å². The van der Waals surface area contributed by atoms with Crippen LogP contribution in [-0.2, 0) is 4.79 Å². The van der Waals surface area contributed by atoms with E-state index >= 15 is 0 Å². The average molecular weight is 348 g/mol. The third-order valence-electron chi connectivity index (χ3n) is 3.72. The van der Waals surface area contributed by atoms with Gasteiger partial charge in [-0.2, -0.15) is 5.10 Å². The van der Waals surface area contributed by atoms with Gasteiger partial charge in [-0.3, -0.25) is 14.9 Å². The fourth-order valence-electron chi connectivity index (χ4n) is 2.38. The lowest BCUT2D eigenvalue weighted by Crippen LogP contribution is -2.08. The van der Waals surface area contributed by atoms with Crippen LogP contribution in [0.4, 0.5) is 11.4 Å². The number of benzene rings is 2. The van der Waals surface area contributed by atoms with Crippen molar-refractivity contribution in [1.29, 1.82) is 0 Å². The summed E-state index contributed by atoms with van der Waals surface area (Å²) in [5.74, 6) is -0.379. The Balaban J connectivity index is 1.68. The summed E-state index contributed by atoms with van der Waals surface area (Å²) in [4.78, 5) is 22.5. The van der Waals surface area contributed by atoms with Crippen LogP contribution in [0.3, 0.4) is 0 Å². The van der Waals surface area contributed by atoms with Gasteiger partial charge in [0.1, 0.15) is 0 Å². The number of nitro groups is 1. The molecule has 1 heterocycles. The highest BCUT2D eigenvalue weighted by atomic mass is 16.6. The van der Waals surface area contributed by atoms with Gasteiger partial charge in [0.15, 0.2) is 0 Å². The maximum Gasteiger partial charge on any atom is 0.274 e. The van der Waals surface area contributed by atoms with E-state index in [0.717, 1.165) is 11.3 Å². The van der Waals surface area contributed by atoms with Crippen molar-refractivity contribution in [2.45, 2.75) is 6.92 Å². The summed E-state index contributed by atoms with van der Waals surface area (Å²) in [5, 5.41) is 17.8.